The molecule has 0 aliphatic heterocycles. The van der Waals surface area contributed by atoms with E-state index < -0.39 is 11.6 Å². The molecule has 0 radical (unpaired) electrons. The van der Waals surface area contributed by atoms with E-state index in [1.54, 1.807) is 19.2 Å². The molecule has 1 unspecified atom stereocenters. The van der Waals surface area contributed by atoms with Gasteiger partial charge in [0, 0.05) is 11.6 Å². The maximum absolute atomic E-state index is 13.5. The lowest BCUT2D eigenvalue weighted by Gasteiger charge is -2.17. The van der Waals surface area contributed by atoms with Gasteiger partial charge < -0.3 is 5.32 Å². The molecule has 1 aromatic carbocycles. The Hall–Kier alpha value is -0.960. The highest BCUT2D eigenvalue weighted by atomic mass is 19.2. The molecule has 15 heavy (non-hydrogen) atoms. The minimum atomic E-state index is -0.761. The Morgan fingerprint density at radius 2 is 2.13 bits per heavy atom. The Balaban J connectivity index is 2.20. The van der Waals surface area contributed by atoms with Crippen molar-refractivity contribution < 1.29 is 8.78 Å². The number of hydrogen-bond donors (Lipinski definition) is 1. The smallest absolute Gasteiger partial charge is 0.163 e. The van der Waals surface area contributed by atoms with Gasteiger partial charge in [-0.2, -0.15) is 0 Å². The van der Waals surface area contributed by atoms with Crippen LogP contribution in [0.15, 0.2) is 18.2 Å². The van der Waals surface area contributed by atoms with E-state index in [-0.39, 0.29) is 6.04 Å². The van der Waals surface area contributed by atoms with Crippen molar-refractivity contribution in [3.8, 4) is 0 Å². The molecule has 2 rings (SSSR count). The zero-order valence-electron chi connectivity index (χ0n) is 8.76. The van der Waals surface area contributed by atoms with Gasteiger partial charge in [0.05, 0.1) is 0 Å². The number of nitrogens with one attached hydrogen (secondary N) is 1. The van der Waals surface area contributed by atoms with Crippen LogP contribution in [0, 0.1) is 17.6 Å². The summed E-state index contributed by atoms with van der Waals surface area (Å²) in [6.07, 6.45) is 3.33. The first-order valence-electron chi connectivity index (χ1n) is 5.33. The Morgan fingerprint density at radius 1 is 1.40 bits per heavy atom. The summed E-state index contributed by atoms with van der Waals surface area (Å²) in [6, 6.07) is 4.31. The predicted octanol–water partition coefficient (Wildman–Crippen LogP) is 3.03. The first-order chi connectivity index (χ1) is 7.22. The summed E-state index contributed by atoms with van der Waals surface area (Å²) in [6.45, 7) is 0. The van der Waals surface area contributed by atoms with Gasteiger partial charge in [0.1, 0.15) is 0 Å². The first kappa shape index (κ1) is 10.6. The van der Waals surface area contributed by atoms with Crippen LogP contribution < -0.4 is 5.32 Å². The molecule has 1 N–H and O–H groups in total. The van der Waals surface area contributed by atoms with E-state index in [9.17, 15) is 8.78 Å². The van der Waals surface area contributed by atoms with Gasteiger partial charge in [-0.25, -0.2) is 8.78 Å². The third-order valence-electron chi connectivity index (χ3n) is 2.97. The van der Waals surface area contributed by atoms with Gasteiger partial charge in [-0.15, -0.1) is 0 Å². The normalized spacial score (nSPS) is 17.8. The molecular formula is C12H15F2N. The Bertz CT molecular complexity index is 347. The van der Waals surface area contributed by atoms with E-state index in [0.717, 1.165) is 12.5 Å². The van der Waals surface area contributed by atoms with Crippen molar-refractivity contribution in [3.63, 3.8) is 0 Å². The zero-order valence-corrected chi connectivity index (χ0v) is 8.76. The van der Waals surface area contributed by atoms with Gasteiger partial charge in [0.15, 0.2) is 11.6 Å². The number of benzene rings is 1. The topological polar surface area (TPSA) is 12.0 Å². The maximum Gasteiger partial charge on any atom is 0.163 e. The molecule has 1 aliphatic carbocycles. The third kappa shape index (κ3) is 2.34. The van der Waals surface area contributed by atoms with Crippen LogP contribution in [0.25, 0.3) is 0 Å². The van der Waals surface area contributed by atoms with E-state index in [0.29, 0.717) is 11.5 Å². The van der Waals surface area contributed by atoms with Crippen LogP contribution in [-0.4, -0.2) is 7.05 Å². The molecule has 1 aromatic rings. The van der Waals surface area contributed by atoms with E-state index >= 15 is 0 Å². The molecule has 1 saturated carbocycles. The summed E-state index contributed by atoms with van der Waals surface area (Å²) in [5, 5.41) is 3.05. The van der Waals surface area contributed by atoms with Crippen molar-refractivity contribution in [1.82, 2.24) is 5.32 Å². The van der Waals surface area contributed by atoms with Crippen LogP contribution in [0.3, 0.4) is 0 Å². The van der Waals surface area contributed by atoms with Crippen molar-refractivity contribution in [3.05, 3.63) is 35.4 Å². The molecule has 1 fully saturated rings. The standard InChI is InChI=1S/C12H15F2N/c1-15-11(7-8-5-6-8)9-3-2-4-10(13)12(9)14/h2-4,8,11,15H,5-7H2,1H3. The van der Waals surface area contributed by atoms with Gasteiger partial charge in [-0.1, -0.05) is 25.0 Å². The fourth-order valence-corrected chi connectivity index (χ4v) is 1.88. The van der Waals surface area contributed by atoms with Crippen LogP contribution in [-0.2, 0) is 0 Å². The van der Waals surface area contributed by atoms with Gasteiger partial charge >= 0.3 is 0 Å². The van der Waals surface area contributed by atoms with E-state index in [1.165, 1.54) is 12.8 Å². The van der Waals surface area contributed by atoms with Crippen LogP contribution in [0.5, 0.6) is 0 Å². The Labute approximate surface area is 88.5 Å². The SMILES string of the molecule is CNC(CC1CC1)c1cccc(F)c1F. The third-order valence-corrected chi connectivity index (χ3v) is 2.97. The molecule has 0 aromatic heterocycles. The number of halogens is 2. The van der Waals surface area contributed by atoms with E-state index in [2.05, 4.69) is 5.32 Å². The van der Waals surface area contributed by atoms with Gasteiger partial charge in [-0.3, -0.25) is 0 Å². The number of rotatable bonds is 4. The van der Waals surface area contributed by atoms with Crippen molar-refractivity contribution in [2.75, 3.05) is 7.05 Å². The Kier molecular flexibility index (Phi) is 3.00. The van der Waals surface area contributed by atoms with E-state index in [1.807, 2.05) is 0 Å². The lowest BCUT2D eigenvalue weighted by Crippen LogP contribution is -2.18. The fraction of sp³-hybridized carbons (Fsp3) is 0.500. The molecule has 0 amide bonds. The quantitative estimate of drug-likeness (QED) is 0.807. The largest absolute Gasteiger partial charge is 0.313 e. The summed E-state index contributed by atoms with van der Waals surface area (Å²) >= 11 is 0. The average Bonchev–Trinajstić information content (AvgIpc) is 3.03. The van der Waals surface area contributed by atoms with Crippen molar-refractivity contribution in [2.24, 2.45) is 5.92 Å². The second-order valence-electron chi connectivity index (χ2n) is 4.16. The molecule has 82 valence electrons. The maximum atomic E-state index is 13.5. The second kappa shape index (κ2) is 4.27. The first-order valence-corrected chi connectivity index (χ1v) is 5.33. The summed E-state index contributed by atoms with van der Waals surface area (Å²) in [4.78, 5) is 0. The van der Waals surface area contributed by atoms with Gasteiger partial charge in [-0.05, 0) is 25.5 Å². The van der Waals surface area contributed by atoms with E-state index in [4.69, 9.17) is 0 Å². The molecule has 0 bridgehead atoms. The van der Waals surface area contributed by atoms with Crippen LogP contribution in [0.2, 0.25) is 0 Å². The highest BCUT2D eigenvalue weighted by molar-refractivity contribution is 5.22. The highest BCUT2D eigenvalue weighted by Crippen LogP contribution is 2.38. The molecule has 1 atom stereocenters. The molecule has 3 heteroatoms. The van der Waals surface area contributed by atoms with Gasteiger partial charge in [0.25, 0.3) is 0 Å². The molecular weight excluding hydrogens is 196 g/mol. The lowest BCUT2D eigenvalue weighted by atomic mass is 10.0. The molecule has 1 aliphatic rings. The minimum Gasteiger partial charge on any atom is -0.313 e. The zero-order chi connectivity index (χ0) is 10.8. The molecule has 0 spiro atoms. The summed E-state index contributed by atoms with van der Waals surface area (Å²) in [5.74, 6) is -0.786. The summed E-state index contributed by atoms with van der Waals surface area (Å²) < 4.78 is 26.5. The predicted molar refractivity (Wildman–Crippen MR) is 55.5 cm³/mol. The lowest BCUT2D eigenvalue weighted by molar-refractivity contribution is 0.452. The van der Waals surface area contributed by atoms with Crippen molar-refractivity contribution >= 4 is 0 Å². The summed E-state index contributed by atoms with van der Waals surface area (Å²) in [7, 11) is 1.79. The fourth-order valence-electron chi connectivity index (χ4n) is 1.88. The van der Waals surface area contributed by atoms with Crippen LogP contribution >= 0.6 is 0 Å². The second-order valence-corrected chi connectivity index (χ2v) is 4.16. The van der Waals surface area contributed by atoms with Crippen molar-refractivity contribution in [1.29, 1.82) is 0 Å². The minimum absolute atomic E-state index is 0.0619. The van der Waals surface area contributed by atoms with Crippen molar-refractivity contribution in [2.45, 2.75) is 25.3 Å². The highest BCUT2D eigenvalue weighted by Gasteiger charge is 2.27. The summed E-state index contributed by atoms with van der Waals surface area (Å²) in [5.41, 5.74) is 0.449. The Morgan fingerprint density at radius 3 is 2.73 bits per heavy atom. The monoisotopic (exact) mass is 211 g/mol. The number of hydrogen-bond acceptors (Lipinski definition) is 1. The van der Waals surface area contributed by atoms with Crippen LogP contribution in [0.4, 0.5) is 8.78 Å². The van der Waals surface area contributed by atoms with Gasteiger partial charge in [0.2, 0.25) is 0 Å². The molecule has 0 saturated heterocycles. The average molecular weight is 211 g/mol. The molecule has 0 heterocycles. The molecule has 1 nitrogen and oxygen atoms in total. The van der Waals surface area contributed by atoms with Crippen LogP contribution in [0.1, 0.15) is 30.9 Å².